The summed E-state index contributed by atoms with van der Waals surface area (Å²) in [6, 6.07) is 4.14. The quantitative estimate of drug-likeness (QED) is 0.641. The molecule has 1 saturated heterocycles. The van der Waals surface area contributed by atoms with E-state index in [2.05, 4.69) is 5.32 Å². The minimum Gasteiger partial charge on any atom is -0.477 e. The van der Waals surface area contributed by atoms with Gasteiger partial charge in [0.25, 0.3) is 5.69 Å². The second-order valence-corrected chi connectivity index (χ2v) is 6.07. The smallest absolute Gasteiger partial charge is 0.342 e. The molecule has 20 heavy (non-hydrogen) atoms. The van der Waals surface area contributed by atoms with Crippen LogP contribution in [0.15, 0.2) is 18.2 Å². The molecule has 0 radical (unpaired) electrons. The number of anilines is 1. The van der Waals surface area contributed by atoms with Crippen molar-refractivity contribution in [3.05, 3.63) is 33.9 Å². The van der Waals surface area contributed by atoms with E-state index in [1.54, 1.807) is 6.07 Å². The number of carboxylic acid groups (broad SMARTS) is 1. The summed E-state index contributed by atoms with van der Waals surface area (Å²) in [5.41, 5.74) is -0.0701. The van der Waals surface area contributed by atoms with Gasteiger partial charge in [-0.25, -0.2) is 4.79 Å². The molecule has 0 spiro atoms. The van der Waals surface area contributed by atoms with Crippen molar-refractivity contribution >= 4 is 29.1 Å². The highest BCUT2D eigenvalue weighted by molar-refractivity contribution is 7.99. The summed E-state index contributed by atoms with van der Waals surface area (Å²) < 4.78 is 0. The molecule has 2 N–H and O–H groups in total. The van der Waals surface area contributed by atoms with Gasteiger partial charge in [-0.15, -0.1) is 0 Å². The zero-order chi connectivity index (χ0) is 14.5. The van der Waals surface area contributed by atoms with E-state index >= 15 is 0 Å². The SMILES string of the molecule is O=C(O)c1ccc(NCC2CCCCS2)cc1[N+](=O)[O-]. The Balaban J connectivity index is 2.06. The van der Waals surface area contributed by atoms with Crippen LogP contribution in [0.5, 0.6) is 0 Å². The molecule has 1 aromatic carbocycles. The molecule has 1 aliphatic heterocycles. The number of carbonyl (C=O) groups is 1. The van der Waals surface area contributed by atoms with Gasteiger partial charge in [-0.2, -0.15) is 11.8 Å². The Morgan fingerprint density at radius 3 is 2.90 bits per heavy atom. The van der Waals surface area contributed by atoms with E-state index in [0.717, 1.165) is 18.7 Å². The average Bonchev–Trinajstić information content (AvgIpc) is 2.45. The van der Waals surface area contributed by atoms with Crippen molar-refractivity contribution in [1.82, 2.24) is 0 Å². The number of nitrogens with one attached hydrogen (secondary N) is 1. The van der Waals surface area contributed by atoms with Gasteiger partial charge in [-0.1, -0.05) is 6.42 Å². The third kappa shape index (κ3) is 3.63. The summed E-state index contributed by atoms with van der Waals surface area (Å²) in [5.74, 6) is -0.129. The van der Waals surface area contributed by atoms with Crippen LogP contribution >= 0.6 is 11.8 Å². The Bertz CT molecular complexity index is 515. The van der Waals surface area contributed by atoms with Crippen LogP contribution in [0.3, 0.4) is 0 Å². The van der Waals surface area contributed by atoms with E-state index in [4.69, 9.17) is 5.11 Å². The molecule has 1 heterocycles. The molecule has 6 nitrogen and oxygen atoms in total. The first-order chi connectivity index (χ1) is 9.58. The van der Waals surface area contributed by atoms with Crippen LogP contribution in [-0.2, 0) is 0 Å². The first kappa shape index (κ1) is 14.6. The fourth-order valence-corrected chi connectivity index (χ4v) is 3.41. The second-order valence-electron chi connectivity index (χ2n) is 4.66. The van der Waals surface area contributed by atoms with Gasteiger partial charge >= 0.3 is 5.97 Å². The molecule has 1 aromatic rings. The minimum atomic E-state index is -1.29. The predicted octanol–water partition coefficient (Wildman–Crippen LogP) is 2.99. The number of benzene rings is 1. The Morgan fingerprint density at radius 1 is 1.50 bits per heavy atom. The topological polar surface area (TPSA) is 92.5 Å². The normalized spacial score (nSPS) is 18.5. The van der Waals surface area contributed by atoms with Crippen molar-refractivity contribution in [3.63, 3.8) is 0 Å². The lowest BCUT2D eigenvalue weighted by atomic mass is 10.1. The third-order valence-electron chi connectivity index (χ3n) is 3.23. The van der Waals surface area contributed by atoms with E-state index in [0.29, 0.717) is 10.9 Å². The molecule has 1 aliphatic rings. The Kier molecular flexibility index (Phi) is 4.84. The molecule has 0 bridgehead atoms. The fraction of sp³-hybridized carbons (Fsp3) is 0.462. The number of nitro groups is 1. The van der Waals surface area contributed by atoms with Gasteiger partial charge in [-0.3, -0.25) is 10.1 Å². The summed E-state index contributed by atoms with van der Waals surface area (Å²) in [5, 5.41) is 23.5. The van der Waals surface area contributed by atoms with Gasteiger partial charge in [0.1, 0.15) is 5.56 Å². The molecule has 7 heteroatoms. The maximum atomic E-state index is 10.9. The van der Waals surface area contributed by atoms with Crippen LogP contribution in [-0.4, -0.2) is 33.5 Å². The molecule has 0 saturated carbocycles. The molecular weight excluding hydrogens is 280 g/mol. The van der Waals surface area contributed by atoms with Gasteiger partial charge in [0.15, 0.2) is 0 Å². The Morgan fingerprint density at radius 2 is 2.30 bits per heavy atom. The fourth-order valence-electron chi connectivity index (χ4n) is 2.17. The van der Waals surface area contributed by atoms with Crippen molar-refractivity contribution in [2.75, 3.05) is 17.6 Å². The summed E-state index contributed by atoms with van der Waals surface area (Å²) in [6.07, 6.45) is 3.62. The highest BCUT2D eigenvalue weighted by Gasteiger charge is 2.20. The molecule has 0 aromatic heterocycles. The van der Waals surface area contributed by atoms with Crippen molar-refractivity contribution < 1.29 is 14.8 Å². The number of thioether (sulfide) groups is 1. The standard InChI is InChI=1S/C13H16N2O4S/c16-13(17)11-5-4-9(7-12(11)15(18)19)14-8-10-3-1-2-6-20-10/h4-5,7,10,14H,1-3,6,8H2,(H,16,17). The summed E-state index contributed by atoms with van der Waals surface area (Å²) >= 11 is 1.91. The lowest BCUT2D eigenvalue weighted by molar-refractivity contribution is -0.385. The van der Waals surface area contributed by atoms with Crippen LogP contribution in [0.1, 0.15) is 29.6 Å². The molecule has 0 amide bonds. The first-order valence-electron chi connectivity index (χ1n) is 6.45. The van der Waals surface area contributed by atoms with Crippen molar-refractivity contribution in [2.24, 2.45) is 0 Å². The minimum absolute atomic E-state index is 0.285. The van der Waals surface area contributed by atoms with Crippen molar-refractivity contribution in [2.45, 2.75) is 24.5 Å². The predicted molar refractivity (Wildman–Crippen MR) is 78.6 cm³/mol. The highest BCUT2D eigenvalue weighted by Crippen LogP contribution is 2.27. The van der Waals surface area contributed by atoms with Gasteiger partial charge in [0, 0.05) is 23.5 Å². The van der Waals surface area contributed by atoms with Crippen molar-refractivity contribution in [3.8, 4) is 0 Å². The maximum absolute atomic E-state index is 10.9. The first-order valence-corrected chi connectivity index (χ1v) is 7.50. The molecule has 2 rings (SSSR count). The Hall–Kier alpha value is -1.76. The van der Waals surface area contributed by atoms with Crippen LogP contribution < -0.4 is 5.32 Å². The largest absolute Gasteiger partial charge is 0.477 e. The molecule has 1 unspecified atom stereocenters. The number of hydrogen-bond donors (Lipinski definition) is 2. The molecule has 1 atom stereocenters. The third-order valence-corrected chi connectivity index (χ3v) is 4.63. The molecule has 1 fully saturated rings. The van der Waals surface area contributed by atoms with Gasteiger partial charge in [0.2, 0.25) is 0 Å². The number of rotatable bonds is 5. The number of nitrogens with zero attached hydrogens (tertiary/aromatic N) is 1. The zero-order valence-corrected chi connectivity index (χ0v) is 11.7. The highest BCUT2D eigenvalue weighted by atomic mass is 32.2. The Labute approximate surface area is 120 Å². The van der Waals surface area contributed by atoms with E-state index < -0.39 is 10.9 Å². The number of hydrogen-bond acceptors (Lipinski definition) is 5. The van der Waals surface area contributed by atoms with E-state index in [9.17, 15) is 14.9 Å². The molecule has 108 valence electrons. The lowest BCUT2D eigenvalue weighted by Gasteiger charge is -2.21. The summed E-state index contributed by atoms with van der Waals surface area (Å²) in [7, 11) is 0. The van der Waals surface area contributed by atoms with Gasteiger partial charge in [0.05, 0.1) is 4.92 Å². The van der Waals surface area contributed by atoms with Crippen LogP contribution in [0, 0.1) is 10.1 Å². The zero-order valence-electron chi connectivity index (χ0n) is 10.9. The van der Waals surface area contributed by atoms with Crippen molar-refractivity contribution in [1.29, 1.82) is 0 Å². The van der Waals surface area contributed by atoms with E-state index in [1.807, 2.05) is 11.8 Å². The summed E-state index contributed by atoms with van der Waals surface area (Å²) in [4.78, 5) is 21.1. The van der Waals surface area contributed by atoms with Crippen LogP contribution in [0.2, 0.25) is 0 Å². The van der Waals surface area contributed by atoms with Gasteiger partial charge in [-0.05, 0) is 30.7 Å². The number of carboxylic acids is 1. The second kappa shape index (κ2) is 6.60. The maximum Gasteiger partial charge on any atom is 0.342 e. The monoisotopic (exact) mass is 296 g/mol. The van der Waals surface area contributed by atoms with Crippen LogP contribution in [0.25, 0.3) is 0 Å². The lowest BCUT2D eigenvalue weighted by Crippen LogP contribution is -2.20. The van der Waals surface area contributed by atoms with E-state index in [1.165, 1.54) is 25.0 Å². The molecule has 0 aliphatic carbocycles. The average molecular weight is 296 g/mol. The van der Waals surface area contributed by atoms with E-state index in [-0.39, 0.29) is 11.3 Å². The van der Waals surface area contributed by atoms with Gasteiger partial charge < -0.3 is 10.4 Å². The van der Waals surface area contributed by atoms with Crippen LogP contribution in [0.4, 0.5) is 11.4 Å². The number of aromatic carboxylic acids is 1. The molecular formula is C13H16N2O4S. The summed E-state index contributed by atoms with van der Waals surface area (Å²) in [6.45, 7) is 0.744. The number of nitro benzene ring substituents is 1.